The summed E-state index contributed by atoms with van der Waals surface area (Å²) in [5.41, 5.74) is 0. The van der Waals surface area contributed by atoms with E-state index in [2.05, 4.69) is 27.7 Å². The first kappa shape index (κ1) is 19.2. The van der Waals surface area contributed by atoms with Crippen molar-refractivity contribution in [3.8, 4) is 5.75 Å². The molecule has 1 fully saturated rings. The van der Waals surface area contributed by atoms with Crippen molar-refractivity contribution in [3.63, 3.8) is 0 Å². The molecule has 1 aromatic heterocycles. The molecule has 0 spiro atoms. The molecule has 0 unspecified atom stereocenters. The fourth-order valence-electron chi connectivity index (χ4n) is 3.26. The predicted octanol–water partition coefficient (Wildman–Crippen LogP) is 4.51. The summed E-state index contributed by atoms with van der Waals surface area (Å²) in [5, 5.41) is 5.65. The molecule has 2 aromatic rings. The molecule has 1 atom stereocenters. The van der Waals surface area contributed by atoms with Crippen molar-refractivity contribution in [2.75, 3.05) is 26.2 Å². The molecule has 26 heavy (non-hydrogen) atoms. The minimum Gasteiger partial charge on any atom is -0.482 e. The molecular weight excluding hydrogens is 368 g/mol. The minimum atomic E-state index is -0.124. The fourth-order valence-corrected chi connectivity index (χ4v) is 4.32. The number of benzene rings is 1. The monoisotopic (exact) mass is 392 g/mol. The number of hydrogen-bond donors (Lipinski definition) is 1. The Morgan fingerprint density at radius 1 is 1.15 bits per heavy atom. The number of hydrogen-bond acceptors (Lipinski definition) is 4. The van der Waals surface area contributed by atoms with Gasteiger partial charge in [-0.25, -0.2) is 0 Å². The molecule has 0 bridgehead atoms. The lowest BCUT2D eigenvalue weighted by Gasteiger charge is -2.30. The lowest BCUT2D eigenvalue weighted by Crippen LogP contribution is -2.39. The highest BCUT2D eigenvalue weighted by Crippen LogP contribution is 2.27. The van der Waals surface area contributed by atoms with Crippen LogP contribution in [0.2, 0.25) is 5.02 Å². The molecule has 0 saturated carbocycles. The highest BCUT2D eigenvalue weighted by molar-refractivity contribution is 7.10. The lowest BCUT2D eigenvalue weighted by molar-refractivity contribution is -0.123. The standard InChI is InChI=1S/C20H25ClN2O2S/c21-16-8-3-4-9-18(16)25-15-20(24)22-14-17(19-10-7-13-26-19)23-11-5-1-2-6-12-23/h3-4,7-10,13,17H,1-2,5-6,11-12,14-15H2,(H,22,24)/t17-/m1/s1. The van der Waals surface area contributed by atoms with Crippen LogP contribution in [0.1, 0.15) is 36.6 Å². The average molecular weight is 393 g/mol. The van der Waals surface area contributed by atoms with Gasteiger partial charge in [-0.2, -0.15) is 0 Å². The SMILES string of the molecule is O=C(COc1ccccc1Cl)NC[C@H](c1cccs1)N1CCCCCC1. The second-order valence-corrected chi connectivity index (χ2v) is 7.89. The Morgan fingerprint density at radius 2 is 1.92 bits per heavy atom. The summed E-state index contributed by atoms with van der Waals surface area (Å²) in [5.74, 6) is 0.410. The molecule has 140 valence electrons. The first-order valence-electron chi connectivity index (χ1n) is 9.15. The van der Waals surface area contributed by atoms with E-state index in [1.807, 2.05) is 12.1 Å². The quantitative estimate of drug-likeness (QED) is 0.753. The lowest BCUT2D eigenvalue weighted by atomic mass is 10.2. The van der Waals surface area contributed by atoms with Crippen molar-refractivity contribution in [3.05, 3.63) is 51.7 Å². The van der Waals surface area contributed by atoms with Crippen LogP contribution in [-0.4, -0.2) is 37.0 Å². The largest absolute Gasteiger partial charge is 0.482 e. The third-order valence-corrected chi connectivity index (χ3v) is 5.93. The molecule has 0 radical (unpaired) electrons. The summed E-state index contributed by atoms with van der Waals surface area (Å²) in [6.45, 7) is 2.76. The van der Waals surface area contributed by atoms with Crippen molar-refractivity contribution in [2.24, 2.45) is 0 Å². The van der Waals surface area contributed by atoms with Crippen molar-refractivity contribution in [2.45, 2.75) is 31.7 Å². The zero-order valence-corrected chi connectivity index (χ0v) is 16.4. The number of carbonyl (C=O) groups is 1. The molecule has 1 N–H and O–H groups in total. The maximum Gasteiger partial charge on any atom is 0.258 e. The maximum atomic E-state index is 12.3. The second-order valence-electron chi connectivity index (χ2n) is 6.50. The summed E-state index contributed by atoms with van der Waals surface area (Å²) in [6.07, 6.45) is 5.05. The molecule has 1 aliphatic heterocycles. The van der Waals surface area contributed by atoms with Gasteiger partial charge in [0.25, 0.3) is 5.91 Å². The van der Waals surface area contributed by atoms with Gasteiger partial charge in [0, 0.05) is 11.4 Å². The summed E-state index contributed by atoms with van der Waals surface area (Å²) in [6, 6.07) is 11.7. The molecule has 4 nitrogen and oxygen atoms in total. The number of para-hydroxylation sites is 1. The van der Waals surface area contributed by atoms with Crippen LogP contribution in [-0.2, 0) is 4.79 Å². The molecule has 1 aliphatic rings. The zero-order valence-electron chi connectivity index (χ0n) is 14.8. The number of nitrogens with one attached hydrogen (secondary N) is 1. The maximum absolute atomic E-state index is 12.3. The van der Waals surface area contributed by atoms with E-state index < -0.39 is 0 Å². The summed E-state index contributed by atoms with van der Waals surface area (Å²) in [4.78, 5) is 16.1. The molecule has 2 heterocycles. The third kappa shape index (κ3) is 5.47. The van der Waals surface area contributed by atoms with Crippen LogP contribution in [0.5, 0.6) is 5.75 Å². The van der Waals surface area contributed by atoms with Crippen LogP contribution in [0.15, 0.2) is 41.8 Å². The topological polar surface area (TPSA) is 41.6 Å². The second kappa shape index (κ2) is 9.95. The van der Waals surface area contributed by atoms with Gasteiger partial charge in [-0.05, 0) is 49.5 Å². The number of halogens is 1. The Bertz CT molecular complexity index is 685. The Hall–Kier alpha value is -1.56. The van der Waals surface area contributed by atoms with E-state index in [0.717, 1.165) is 13.1 Å². The molecule has 1 aromatic carbocycles. The van der Waals surface area contributed by atoms with Crippen molar-refractivity contribution in [1.82, 2.24) is 10.2 Å². The average Bonchev–Trinajstić information content (AvgIpc) is 3.04. The van der Waals surface area contributed by atoms with Gasteiger partial charge >= 0.3 is 0 Å². The van der Waals surface area contributed by atoms with Crippen LogP contribution < -0.4 is 10.1 Å². The van der Waals surface area contributed by atoms with Crippen molar-refractivity contribution in [1.29, 1.82) is 0 Å². The number of likely N-dealkylation sites (tertiary alicyclic amines) is 1. The van der Waals surface area contributed by atoms with Gasteiger partial charge in [-0.15, -0.1) is 11.3 Å². The minimum absolute atomic E-state index is 0.0269. The van der Waals surface area contributed by atoms with E-state index in [0.29, 0.717) is 17.3 Å². The molecule has 6 heteroatoms. The van der Waals surface area contributed by atoms with E-state index in [1.165, 1.54) is 30.6 Å². The number of ether oxygens (including phenoxy) is 1. The molecule has 1 amide bonds. The van der Waals surface area contributed by atoms with Crippen LogP contribution in [0.25, 0.3) is 0 Å². The van der Waals surface area contributed by atoms with E-state index >= 15 is 0 Å². The number of amides is 1. The van der Waals surface area contributed by atoms with Crippen LogP contribution in [0.4, 0.5) is 0 Å². The van der Waals surface area contributed by atoms with Crippen molar-refractivity contribution < 1.29 is 9.53 Å². The van der Waals surface area contributed by atoms with E-state index in [4.69, 9.17) is 16.3 Å². The molecule has 3 rings (SSSR count). The zero-order chi connectivity index (χ0) is 18.2. The van der Waals surface area contributed by atoms with Gasteiger partial charge in [0.1, 0.15) is 5.75 Å². The Kier molecular flexibility index (Phi) is 7.35. The van der Waals surface area contributed by atoms with Crippen molar-refractivity contribution >= 4 is 28.8 Å². The highest BCUT2D eigenvalue weighted by atomic mass is 35.5. The third-order valence-electron chi connectivity index (χ3n) is 4.64. The number of rotatable bonds is 7. The van der Waals surface area contributed by atoms with Gasteiger partial charge in [-0.3, -0.25) is 9.69 Å². The van der Waals surface area contributed by atoms with E-state index in [9.17, 15) is 4.79 Å². The molecule has 1 saturated heterocycles. The van der Waals surface area contributed by atoms with Gasteiger partial charge < -0.3 is 10.1 Å². The van der Waals surface area contributed by atoms with Gasteiger partial charge in [0.15, 0.2) is 6.61 Å². The Balaban J connectivity index is 1.55. The molecule has 0 aliphatic carbocycles. The molecular formula is C20H25ClN2O2S. The van der Waals surface area contributed by atoms with Crippen LogP contribution >= 0.6 is 22.9 Å². The van der Waals surface area contributed by atoms with Gasteiger partial charge in [0.05, 0.1) is 11.1 Å². The Morgan fingerprint density at radius 3 is 2.62 bits per heavy atom. The Labute approximate surface area is 164 Å². The van der Waals surface area contributed by atoms with E-state index in [-0.39, 0.29) is 18.6 Å². The fraction of sp³-hybridized carbons (Fsp3) is 0.450. The summed E-state index contributed by atoms with van der Waals surface area (Å²) < 4.78 is 5.53. The first-order chi connectivity index (χ1) is 12.7. The number of carbonyl (C=O) groups excluding carboxylic acids is 1. The van der Waals surface area contributed by atoms with Crippen LogP contribution in [0, 0.1) is 0 Å². The van der Waals surface area contributed by atoms with Gasteiger partial charge in [0.2, 0.25) is 0 Å². The number of thiophene rings is 1. The van der Waals surface area contributed by atoms with E-state index in [1.54, 1.807) is 23.5 Å². The smallest absolute Gasteiger partial charge is 0.258 e. The number of nitrogens with zero attached hydrogens (tertiary/aromatic N) is 1. The summed E-state index contributed by atoms with van der Waals surface area (Å²) in [7, 11) is 0. The highest BCUT2D eigenvalue weighted by Gasteiger charge is 2.23. The summed E-state index contributed by atoms with van der Waals surface area (Å²) >= 11 is 7.81. The van der Waals surface area contributed by atoms with Gasteiger partial charge in [-0.1, -0.05) is 42.6 Å². The normalized spacial score (nSPS) is 16.7. The predicted molar refractivity (Wildman–Crippen MR) is 107 cm³/mol. The first-order valence-corrected chi connectivity index (χ1v) is 10.4. The van der Waals surface area contributed by atoms with Crippen LogP contribution in [0.3, 0.4) is 0 Å².